The summed E-state index contributed by atoms with van der Waals surface area (Å²) in [6, 6.07) is 16.8. The van der Waals surface area contributed by atoms with Crippen molar-refractivity contribution < 1.29 is 23.9 Å². The number of methoxy groups -OCH3 is 1. The SMILES string of the molecule is COCCN(C(=O)N[C@H](CC(=O)[O-])C[N+](C)(C)C)c1ccc(-c2ccccc2)cc1. The molecule has 2 aromatic carbocycles. The van der Waals surface area contributed by atoms with Gasteiger partial charge in [0.05, 0.1) is 46.9 Å². The quantitative estimate of drug-likeness (QED) is 0.602. The van der Waals surface area contributed by atoms with Crippen molar-refractivity contribution in [2.24, 2.45) is 0 Å². The maximum Gasteiger partial charge on any atom is 0.322 e. The van der Waals surface area contributed by atoms with Gasteiger partial charge in [-0.05, 0) is 23.3 Å². The lowest BCUT2D eigenvalue weighted by Crippen LogP contribution is -2.54. The van der Waals surface area contributed by atoms with Crippen LogP contribution in [0.2, 0.25) is 0 Å². The fourth-order valence-corrected chi connectivity index (χ4v) is 3.27. The van der Waals surface area contributed by atoms with E-state index in [0.29, 0.717) is 29.9 Å². The Morgan fingerprint density at radius 2 is 1.63 bits per heavy atom. The molecule has 0 aromatic heterocycles. The van der Waals surface area contributed by atoms with E-state index in [9.17, 15) is 14.7 Å². The second-order valence-electron chi connectivity index (χ2n) is 8.25. The standard InChI is InChI=1S/C23H31N3O4/c1-26(2,3)17-20(16-22(27)28)24-23(29)25(14-15-30-4)21-12-10-19(11-13-21)18-8-6-5-7-9-18/h5-13,20H,14-17H2,1-4H3,(H-,24,27,28,29)/t20-/m1/s1. The normalized spacial score (nSPS) is 12.3. The Balaban J connectivity index is 2.20. The smallest absolute Gasteiger partial charge is 0.322 e. The van der Waals surface area contributed by atoms with Crippen molar-refractivity contribution in [2.45, 2.75) is 12.5 Å². The largest absolute Gasteiger partial charge is 0.550 e. The molecule has 0 saturated carbocycles. The van der Waals surface area contributed by atoms with Crippen LogP contribution in [0.1, 0.15) is 6.42 Å². The van der Waals surface area contributed by atoms with Crippen molar-refractivity contribution in [3.05, 3.63) is 54.6 Å². The lowest BCUT2D eigenvalue weighted by Gasteiger charge is -2.32. The number of urea groups is 1. The van der Waals surface area contributed by atoms with E-state index in [1.165, 1.54) is 0 Å². The molecule has 0 aliphatic heterocycles. The van der Waals surface area contributed by atoms with Gasteiger partial charge in [-0.1, -0.05) is 42.5 Å². The van der Waals surface area contributed by atoms with E-state index in [-0.39, 0.29) is 12.5 Å². The molecule has 2 aromatic rings. The molecule has 0 fully saturated rings. The number of rotatable bonds is 10. The molecule has 0 bridgehead atoms. The molecule has 7 heteroatoms. The summed E-state index contributed by atoms with van der Waals surface area (Å²) in [6.45, 7) is 1.16. The number of nitrogens with one attached hydrogen (secondary N) is 1. The molecule has 162 valence electrons. The first-order valence-electron chi connectivity index (χ1n) is 9.92. The van der Waals surface area contributed by atoms with Gasteiger partial charge in [-0.2, -0.15) is 0 Å². The van der Waals surface area contributed by atoms with Gasteiger partial charge in [0.2, 0.25) is 0 Å². The molecule has 0 spiro atoms. The average molecular weight is 414 g/mol. The Morgan fingerprint density at radius 1 is 1.03 bits per heavy atom. The number of carboxylic acid groups (broad SMARTS) is 1. The van der Waals surface area contributed by atoms with Crippen LogP contribution in [0, 0.1) is 0 Å². The van der Waals surface area contributed by atoms with Crippen molar-refractivity contribution in [1.82, 2.24) is 5.32 Å². The highest BCUT2D eigenvalue weighted by Crippen LogP contribution is 2.23. The number of nitrogens with zero attached hydrogens (tertiary/aromatic N) is 2. The number of ether oxygens (including phenoxy) is 1. The van der Waals surface area contributed by atoms with Crippen molar-refractivity contribution in [2.75, 3.05) is 52.8 Å². The van der Waals surface area contributed by atoms with E-state index in [1.807, 2.05) is 75.7 Å². The van der Waals surface area contributed by atoms with Gasteiger partial charge >= 0.3 is 6.03 Å². The van der Waals surface area contributed by atoms with Gasteiger partial charge in [0.15, 0.2) is 0 Å². The molecular formula is C23H31N3O4. The first-order chi connectivity index (χ1) is 14.2. The molecule has 7 nitrogen and oxygen atoms in total. The summed E-state index contributed by atoms with van der Waals surface area (Å²) in [5.74, 6) is -1.19. The van der Waals surface area contributed by atoms with Crippen LogP contribution in [-0.2, 0) is 9.53 Å². The van der Waals surface area contributed by atoms with Crippen LogP contribution in [0.15, 0.2) is 54.6 Å². The second-order valence-corrected chi connectivity index (χ2v) is 8.25. The highest BCUT2D eigenvalue weighted by atomic mass is 16.5. The first kappa shape index (κ1) is 23.4. The summed E-state index contributed by atoms with van der Waals surface area (Å²) in [6.07, 6.45) is -0.244. The topological polar surface area (TPSA) is 81.7 Å². The van der Waals surface area contributed by atoms with Crippen LogP contribution in [0.4, 0.5) is 10.5 Å². The molecule has 0 heterocycles. The number of amides is 2. The number of carboxylic acids is 1. The van der Waals surface area contributed by atoms with Crippen molar-refractivity contribution in [1.29, 1.82) is 0 Å². The third kappa shape index (κ3) is 7.50. The predicted molar refractivity (Wildman–Crippen MR) is 116 cm³/mol. The summed E-state index contributed by atoms with van der Waals surface area (Å²) in [4.78, 5) is 25.7. The van der Waals surface area contributed by atoms with Gasteiger partial charge in [-0.15, -0.1) is 0 Å². The minimum absolute atomic E-state index is 0.244. The Labute approximate surface area is 178 Å². The van der Waals surface area contributed by atoms with Crippen LogP contribution >= 0.6 is 0 Å². The maximum atomic E-state index is 13.0. The predicted octanol–water partition coefficient (Wildman–Crippen LogP) is 1.73. The highest BCUT2D eigenvalue weighted by Gasteiger charge is 2.24. The van der Waals surface area contributed by atoms with Gasteiger partial charge in [0.25, 0.3) is 0 Å². The highest BCUT2D eigenvalue weighted by molar-refractivity contribution is 5.92. The third-order valence-corrected chi connectivity index (χ3v) is 4.56. The van der Waals surface area contributed by atoms with Crippen molar-refractivity contribution in [3.8, 4) is 11.1 Å². The molecule has 2 rings (SSSR count). The maximum absolute atomic E-state index is 13.0. The molecule has 1 N–H and O–H groups in total. The molecule has 0 aliphatic carbocycles. The summed E-state index contributed by atoms with van der Waals surface area (Å²) < 4.78 is 5.67. The molecule has 0 aliphatic rings. The van der Waals surface area contributed by atoms with Gasteiger partial charge in [-0.25, -0.2) is 4.79 Å². The zero-order valence-corrected chi connectivity index (χ0v) is 18.1. The monoisotopic (exact) mass is 413 g/mol. The van der Waals surface area contributed by atoms with E-state index in [1.54, 1.807) is 12.0 Å². The summed E-state index contributed by atoms with van der Waals surface area (Å²) >= 11 is 0. The van der Waals surface area contributed by atoms with Gasteiger partial charge < -0.3 is 24.4 Å². The van der Waals surface area contributed by atoms with Crippen LogP contribution in [0.3, 0.4) is 0 Å². The fraction of sp³-hybridized carbons (Fsp3) is 0.391. The first-order valence-corrected chi connectivity index (χ1v) is 9.92. The Morgan fingerprint density at radius 3 is 2.17 bits per heavy atom. The fourth-order valence-electron chi connectivity index (χ4n) is 3.27. The average Bonchev–Trinajstić information content (AvgIpc) is 2.67. The number of hydrogen-bond donors (Lipinski definition) is 1. The van der Waals surface area contributed by atoms with Crippen molar-refractivity contribution in [3.63, 3.8) is 0 Å². The van der Waals surface area contributed by atoms with E-state index >= 15 is 0 Å². The molecule has 2 amide bonds. The summed E-state index contributed by atoms with van der Waals surface area (Å²) in [5, 5.41) is 14.0. The zero-order chi connectivity index (χ0) is 22.1. The Kier molecular flexibility index (Phi) is 8.38. The third-order valence-electron chi connectivity index (χ3n) is 4.56. The molecule has 0 radical (unpaired) electrons. The molecule has 30 heavy (non-hydrogen) atoms. The Hall–Kier alpha value is -2.90. The Bertz CT molecular complexity index is 817. The van der Waals surface area contributed by atoms with E-state index < -0.39 is 12.0 Å². The van der Waals surface area contributed by atoms with Crippen LogP contribution < -0.4 is 15.3 Å². The zero-order valence-electron chi connectivity index (χ0n) is 18.1. The van der Waals surface area contributed by atoms with Crippen LogP contribution in [0.5, 0.6) is 0 Å². The lowest BCUT2D eigenvalue weighted by molar-refractivity contribution is -0.871. The second kappa shape index (κ2) is 10.8. The minimum atomic E-state index is -1.19. The lowest BCUT2D eigenvalue weighted by atomic mass is 10.1. The number of hydrogen-bond acceptors (Lipinski definition) is 4. The van der Waals surface area contributed by atoms with Gasteiger partial charge in [0.1, 0.15) is 0 Å². The number of likely N-dealkylation sites (N-methyl/N-ethyl adjacent to an activating group) is 1. The van der Waals surface area contributed by atoms with Crippen LogP contribution in [-0.4, -0.2) is 70.5 Å². The minimum Gasteiger partial charge on any atom is -0.550 e. The number of quaternary nitrogens is 1. The number of aliphatic carboxylic acids is 1. The molecule has 0 saturated heterocycles. The number of carbonyl (C=O) groups excluding carboxylic acids is 2. The van der Waals surface area contributed by atoms with Crippen molar-refractivity contribution >= 4 is 17.7 Å². The van der Waals surface area contributed by atoms with Gasteiger partial charge in [-0.3, -0.25) is 4.90 Å². The number of benzene rings is 2. The summed E-state index contributed by atoms with van der Waals surface area (Å²) in [7, 11) is 7.41. The van der Waals surface area contributed by atoms with E-state index in [4.69, 9.17) is 4.74 Å². The van der Waals surface area contributed by atoms with E-state index in [0.717, 1.165) is 11.1 Å². The van der Waals surface area contributed by atoms with Gasteiger partial charge in [0, 0.05) is 25.2 Å². The molecular weight excluding hydrogens is 382 g/mol. The molecule has 1 atom stereocenters. The summed E-state index contributed by atoms with van der Waals surface area (Å²) in [5.41, 5.74) is 2.85. The van der Waals surface area contributed by atoms with Crippen LogP contribution in [0.25, 0.3) is 11.1 Å². The number of carbonyl (C=O) groups is 2. The number of anilines is 1. The molecule has 0 unspecified atom stereocenters. The van der Waals surface area contributed by atoms with E-state index in [2.05, 4.69) is 5.32 Å².